The van der Waals surface area contributed by atoms with E-state index in [9.17, 15) is 27.6 Å². The third-order valence-corrected chi connectivity index (χ3v) is 3.92. The number of hydroxylamine groups is 2. The number of amides is 2. The van der Waals surface area contributed by atoms with E-state index < -0.39 is 36.3 Å². The van der Waals surface area contributed by atoms with Crippen molar-refractivity contribution in [2.24, 2.45) is 0 Å². The normalized spacial score (nSPS) is 15.0. The van der Waals surface area contributed by atoms with Crippen LogP contribution >= 0.6 is 0 Å². The van der Waals surface area contributed by atoms with Gasteiger partial charge in [0.05, 0.1) is 23.5 Å². The zero-order chi connectivity index (χ0) is 18.9. The Balaban J connectivity index is 1.76. The Morgan fingerprint density at radius 1 is 0.923 bits per heavy atom. The SMILES string of the molecule is O=C(CC(c1ccccc1)C(F)(F)F)ON1C(=O)c2ccccc2C1=O. The lowest BCUT2D eigenvalue weighted by molar-refractivity contribution is -0.181. The van der Waals surface area contributed by atoms with Crippen molar-refractivity contribution in [3.8, 4) is 0 Å². The van der Waals surface area contributed by atoms with Crippen LogP contribution < -0.4 is 0 Å². The van der Waals surface area contributed by atoms with Crippen molar-refractivity contribution < 1.29 is 32.4 Å². The Labute approximate surface area is 145 Å². The summed E-state index contributed by atoms with van der Waals surface area (Å²) in [6, 6.07) is 12.6. The summed E-state index contributed by atoms with van der Waals surface area (Å²) in [7, 11) is 0. The summed E-state index contributed by atoms with van der Waals surface area (Å²) in [6.45, 7) is 0. The first kappa shape index (κ1) is 17.7. The van der Waals surface area contributed by atoms with Gasteiger partial charge >= 0.3 is 12.1 Å². The second-order valence-corrected chi connectivity index (χ2v) is 5.62. The summed E-state index contributed by atoms with van der Waals surface area (Å²) in [5, 5.41) is 0.200. The highest BCUT2D eigenvalue weighted by Gasteiger charge is 2.44. The number of carbonyl (C=O) groups is 3. The van der Waals surface area contributed by atoms with Crippen LogP contribution in [0.2, 0.25) is 0 Å². The number of hydrogen-bond acceptors (Lipinski definition) is 4. The number of halogens is 3. The summed E-state index contributed by atoms with van der Waals surface area (Å²) in [6.07, 6.45) is -5.75. The van der Waals surface area contributed by atoms with Crippen molar-refractivity contribution in [2.75, 3.05) is 0 Å². The highest BCUT2D eigenvalue weighted by atomic mass is 19.4. The molecular formula is C18H12F3NO4. The largest absolute Gasteiger partial charge is 0.396 e. The van der Waals surface area contributed by atoms with Gasteiger partial charge in [-0.25, -0.2) is 4.79 Å². The van der Waals surface area contributed by atoms with Gasteiger partial charge in [0.25, 0.3) is 11.8 Å². The Kier molecular flexibility index (Phi) is 4.50. The molecule has 0 aliphatic carbocycles. The van der Waals surface area contributed by atoms with Crippen LogP contribution in [0.5, 0.6) is 0 Å². The van der Waals surface area contributed by atoms with E-state index >= 15 is 0 Å². The van der Waals surface area contributed by atoms with Crippen LogP contribution in [0.1, 0.15) is 38.6 Å². The molecule has 1 heterocycles. The molecular weight excluding hydrogens is 351 g/mol. The predicted octanol–water partition coefficient (Wildman–Crippen LogP) is 3.48. The molecule has 1 aliphatic heterocycles. The molecule has 1 atom stereocenters. The van der Waals surface area contributed by atoms with E-state index in [4.69, 9.17) is 0 Å². The first-order valence-electron chi connectivity index (χ1n) is 7.59. The molecule has 0 saturated carbocycles. The number of alkyl halides is 3. The fraction of sp³-hybridized carbons (Fsp3) is 0.167. The number of rotatable bonds is 4. The van der Waals surface area contributed by atoms with Gasteiger partial charge in [0, 0.05) is 0 Å². The van der Waals surface area contributed by atoms with E-state index in [-0.39, 0.29) is 21.8 Å². The van der Waals surface area contributed by atoms with E-state index in [2.05, 4.69) is 4.84 Å². The van der Waals surface area contributed by atoms with Gasteiger partial charge in [-0.3, -0.25) is 9.59 Å². The smallest absolute Gasteiger partial charge is 0.330 e. The first-order valence-corrected chi connectivity index (χ1v) is 7.59. The maximum atomic E-state index is 13.3. The van der Waals surface area contributed by atoms with Crippen molar-refractivity contribution in [3.05, 3.63) is 71.3 Å². The van der Waals surface area contributed by atoms with E-state index in [1.807, 2.05) is 0 Å². The van der Waals surface area contributed by atoms with E-state index in [0.717, 1.165) is 0 Å². The topological polar surface area (TPSA) is 63.7 Å². The Hall–Kier alpha value is -3.16. The van der Waals surface area contributed by atoms with Gasteiger partial charge in [-0.05, 0) is 17.7 Å². The molecule has 0 aromatic heterocycles. The molecule has 2 amide bonds. The van der Waals surface area contributed by atoms with Crippen molar-refractivity contribution in [1.82, 2.24) is 5.06 Å². The molecule has 134 valence electrons. The van der Waals surface area contributed by atoms with Crippen LogP contribution in [0.4, 0.5) is 13.2 Å². The average molecular weight is 363 g/mol. The van der Waals surface area contributed by atoms with E-state index in [0.29, 0.717) is 0 Å². The Morgan fingerprint density at radius 3 is 1.92 bits per heavy atom. The Bertz CT molecular complexity index is 829. The Morgan fingerprint density at radius 2 is 1.42 bits per heavy atom. The number of nitrogens with zero attached hydrogens (tertiary/aromatic N) is 1. The zero-order valence-electron chi connectivity index (χ0n) is 13.2. The van der Waals surface area contributed by atoms with Crippen molar-refractivity contribution in [3.63, 3.8) is 0 Å². The quantitative estimate of drug-likeness (QED) is 0.781. The number of benzene rings is 2. The van der Waals surface area contributed by atoms with Gasteiger partial charge in [0.1, 0.15) is 0 Å². The van der Waals surface area contributed by atoms with Gasteiger partial charge < -0.3 is 4.84 Å². The number of hydrogen-bond donors (Lipinski definition) is 0. The van der Waals surface area contributed by atoms with Crippen molar-refractivity contribution in [1.29, 1.82) is 0 Å². The molecule has 0 spiro atoms. The van der Waals surface area contributed by atoms with Crippen LogP contribution in [0, 0.1) is 0 Å². The lowest BCUT2D eigenvalue weighted by atomic mass is 9.95. The summed E-state index contributed by atoms with van der Waals surface area (Å²) < 4.78 is 39.9. The monoisotopic (exact) mass is 363 g/mol. The summed E-state index contributed by atoms with van der Waals surface area (Å²) >= 11 is 0. The van der Waals surface area contributed by atoms with Gasteiger partial charge in [0.15, 0.2) is 0 Å². The van der Waals surface area contributed by atoms with Crippen LogP contribution in [0.3, 0.4) is 0 Å². The molecule has 2 aromatic carbocycles. The predicted molar refractivity (Wildman–Crippen MR) is 82.9 cm³/mol. The molecule has 0 saturated heterocycles. The lowest BCUT2D eigenvalue weighted by Crippen LogP contribution is -2.34. The van der Waals surface area contributed by atoms with Crippen molar-refractivity contribution >= 4 is 17.8 Å². The third kappa shape index (κ3) is 3.30. The van der Waals surface area contributed by atoms with Crippen LogP contribution in [0.25, 0.3) is 0 Å². The van der Waals surface area contributed by atoms with Crippen LogP contribution in [-0.2, 0) is 9.63 Å². The van der Waals surface area contributed by atoms with Crippen LogP contribution in [0.15, 0.2) is 54.6 Å². The third-order valence-electron chi connectivity index (χ3n) is 3.92. The minimum atomic E-state index is -4.69. The fourth-order valence-corrected chi connectivity index (χ4v) is 2.66. The summed E-state index contributed by atoms with van der Waals surface area (Å²) in [5.41, 5.74) is -0.0548. The second kappa shape index (κ2) is 6.62. The highest BCUT2D eigenvalue weighted by Crippen LogP contribution is 2.37. The average Bonchev–Trinajstić information content (AvgIpc) is 2.85. The molecule has 0 N–H and O–H groups in total. The van der Waals surface area contributed by atoms with E-state index in [1.54, 1.807) is 6.07 Å². The maximum Gasteiger partial charge on any atom is 0.396 e. The summed E-state index contributed by atoms with van der Waals surface area (Å²) in [4.78, 5) is 40.9. The van der Waals surface area contributed by atoms with E-state index in [1.165, 1.54) is 48.5 Å². The molecule has 1 aliphatic rings. The molecule has 26 heavy (non-hydrogen) atoms. The standard InChI is InChI=1S/C18H12F3NO4/c19-18(20,21)14(11-6-2-1-3-7-11)10-15(23)26-22-16(24)12-8-4-5-9-13(12)17(22)25/h1-9,14H,10H2. The molecule has 8 heteroatoms. The van der Waals surface area contributed by atoms with Crippen LogP contribution in [-0.4, -0.2) is 29.0 Å². The van der Waals surface area contributed by atoms with Gasteiger partial charge in [-0.2, -0.15) is 13.2 Å². The highest BCUT2D eigenvalue weighted by molar-refractivity contribution is 6.20. The van der Waals surface area contributed by atoms with Gasteiger partial charge in [-0.15, -0.1) is 0 Å². The lowest BCUT2D eigenvalue weighted by Gasteiger charge is -2.21. The molecule has 0 bridgehead atoms. The van der Waals surface area contributed by atoms with Gasteiger partial charge in [0.2, 0.25) is 0 Å². The number of imide groups is 1. The minimum absolute atomic E-state index is 0.0285. The zero-order valence-corrected chi connectivity index (χ0v) is 13.2. The number of fused-ring (bicyclic) bond motifs is 1. The minimum Gasteiger partial charge on any atom is -0.330 e. The molecule has 1 unspecified atom stereocenters. The first-order chi connectivity index (χ1) is 12.3. The molecule has 5 nitrogen and oxygen atoms in total. The maximum absolute atomic E-state index is 13.3. The molecule has 2 aromatic rings. The molecule has 0 fully saturated rings. The second-order valence-electron chi connectivity index (χ2n) is 5.62. The molecule has 3 rings (SSSR count). The molecule has 0 radical (unpaired) electrons. The van der Waals surface area contributed by atoms with Gasteiger partial charge in [-0.1, -0.05) is 47.5 Å². The van der Waals surface area contributed by atoms with Crippen molar-refractivity contribution in [2.45, 2.75) is 18.5 Å². The summed E-state index contributed by atoms with van der Waals surface area (Å²) in [5.74, 6) is -5.21. The number of carbonyl (C=O) groups excluding carboxylic acids is 3. The fourth-order valence-electron chi connectivity index (χ4n) is 2.66.